The second kappa shape index (κ2) is 15.8. The highest BCUT2D eigenvalue weighted by atomic mass is 14.6. The Morgan fingerprint density at radius 3 is 2.26 bits per heavy atom. The van der Waals surface area contributed by atoms with Crippen molar-refractivity contribution in [2.24, 2.45) is 11.7 Å². The summed E-state index contributed by atoms with van der Waals surface area (Å²) >= 11 is 0. The van der Waals surface area contributed by atoms with Gasteiger partial charge in [0, 0.05) is 6.04 Å². The summed E-state index contributed by atoms with van der Waals surface area (Å²) in [5.74, 6) is 1.45. The third kappa shape index (κ3) is 8.37. The highest BCUT2D eigenvalue weighted by molar-refractivity contribution is 5.34. The number of benzene rings is 1. The molecule has 134 valence electrons. The smallest absolute Gasteiger partial charge is 0.00853 e. The molecule has 3 atom stereocenters. The maximum atomic E-state index is 6.21. The first-order valence-corrected chi connectivity index (χ1v) is 9.55. The first kappa shape index (κ1) is 24.2. The molecular weight excluding hydrogens is 278 g/mol. The Labute approximate surface area is 146 Å². The van der Waals surface area contributed by atoms with Crippen LogP contribution in [-0.4, -0.2) is 6.04 Å². The van der Waals surface area contributed by atoms with Crippen molar-refractivity contribution in [1.82, 2.24) is 0 Å². The molecule has 2 N–H and O–H groups in total. The predicted octanol–water partition coefficient (Wildman–Crippen LogP) is 6.72. The lowest BCUT2D eigenvalue weighted by atomic mass is 9.73. The highest BCUT2D eigenvalue weighted by Gasteiger charge is 2.28. The third-order valence-electron chi connectivity index (χ3n) is 4.19. The topological polar surface area (TPSA) is 26.0 Å². The van der Waals surface area contributed by atoms with Crippen molar-refractivity contribution < 1.29 is 0 Å². The summed E-state index contributed by atoms with van der Waals surface area (Å²) in [5, 5.41) is 0. The zero-order valence-corrected chi connectivity index (χ0v) is 16.6. The van der Waals surface area contributed by atoms with Gasteiger partial charge < -0.3 is 5.73 Å². The van der Waals surface area contributed by atoms with Crippen LogP contribution in [0, 0.1) is 5.92 Å². The number of hydrogen-bond donors (Lipinski definition) is 1. The first-order valence-electron chi connectivity index (χ1n) is 9.55. The van der Waals surface area contributed by atoms with Crippen LogP contribution in [0.1, 0.15) is 84.3 Å². The molecule has 1 nitrogen and oxygen atoms in total. The first-order chi connectivity index (χ1) is 11.2. The zero-order chi connectivity index (χ0) is 18.3. The van der Waals surface area contributed by atoms with E-state index < -0.39 is 0 Å². The van der Waals surface area contributed by atoms with Gasteiger partial charge in [0.1, 0.15) is 0 Å². The van der Waals surface area contributed by atoms with Gasteiger partial charge in [0.25, 0.3) is 0 Å². The predicted molar refractivity (Wildman–Crippen MR) is 108 cm³/mol. The number of hydrogen-bond acceptors (Lipinski definition) is 1. The molecule has 0 amide bonds. The quantitative estimate of drug-likeness (QED) is 0.612. The second-order valence-electron chi connectivity index (χ2n) is 5.62. The summed E-state index contributed by atoms with van der Waals surface area (Å²) in [6, 6.07) is 9.25. The minimum Gasteiger partial charge on any atom is -0.327 e. The Hall–Kier alpha value is -1.08. The maximum Gasteiger partial charge on any atom is 0.00853 e. The van der Waals surface area contributed by atoms with E-state index in [4.69, 9.17) is 5.73 Å². The van der Waals surface area contributed by atoms with Crippen molar-refractivity contribution in [3.8, 4) is 0 Å². The van der Waals surface area contributed by atoms with Gasteiger partial charge in [-0.2, -0.15) is 0 Å². The Bertz CT molecular complexity index is 372. The van der Waals surface area contributed by atoms with Crippen LogP contribution in [-0.2, 0) is 6.42 Å². The van der Waals surface area contributed by atoms with Crippen LogP contribution in [0.25, 0.3) is 0 Å². The summed E-state index contributed by atoms with van der Waals surface area (Å²) in [5.41, 5.74) is 9.26. The Morgan fingerprint density at radius 2 is 1.70 bits per heavy atom. The molecule has 0 heterocycles. The molecule has 0 aromatic heterocycles. The standard InChI is InChI=1S/C16H25N.2C2H6.C2H4/c1-3-4-7-12(2)16-11-14(17)10-13-8-5-6-9-15(13)16;3*1-2/h5-6,8-9,12,14,16H,3-4,7,10-11,17H2,1-2H3;2*1-2H3;1-2H2. The van der Waals surface area contributed by atoms with Crippen molar-refractivity contribution in [3.63, 3.8) is 0 Å². The van der Waals surface area contributed by atoms with E-state index in [0.717, 1.165) is 12.3 Å². The molecule has 0 bridgehead atoms. The van der Waals surface area contributed by atoms with Gasteiger partial charge in [-0.15, -0.1) is 13.2 Å². The van der Waals surface area contributed by atoms with E-state index in [1.54, 1.807) is 5.56 Å². The monoisotopic (exact) mass is 319 g/mol. The number of fused-ring (bicyclic) bond motifs is 1. The van der Waals surface area contributed by atoms with Gasteiger partial charge >= 0.3 is 0 Å². The minimum absolute atomic E-state index is 0.360. The van der Waals surface area contributed by atoms with Gasteiger partial charge in [0.2, 0.25) is 0 Å². The Kier molecular flexibility index (Phi) is 16.6. The lowest BCUT2D eigenvalue weighted by Gasteiger charge is -2.33. The molecule has 23 heavy (non-hydrogen) atoms. The minimum atomic E-state index is 0.360. The zero-order valence-electron chi connectivity index (χ0n) is 16.6. The largest absolute Gasteiger partial charge is 0.327 e. The van der Waals surface area contributed by atoms with E-state index in [1.165, 1.54) is 31.2 Å². The van der Waals surface area contributed by atoms with E-state index in [-0.39, 0.29) is 0 Å². The van der Waals surface area contributed by atoms with E-state index in [0.29, 0.717) is 12.0 Å². The molecule has 0 aliphatic heterocycles. The summed E-state index contributed by atoms with van der Waals surface area (Å²) in [7, 11) is 0. The fourth-order valence-corrected chi connectivity index (χ4v) is 3.17. The van der Waals surface area contributed by atoms with Gasteiger partial charge in [-0.3, -0.25) is 0 Å². The maximum absolute atomic E-state index is 6.21. The molecule has 3 unspecified atom stereocenters. The molecule has 0 spiro atoms. The van der Waals surface area contributed by atoms with Crippen LogP contribution in [0.15, 0.2) is 37.4 Å². The molecule has 2 rings (SSSR count). The Balaban J connectivity index is 0. The molecule has 0 radical (unpaired) electrons. The van der Waals surface area contributed by atoms with E-state index >= 15 is 0 Å². The van der Waals surface area contributed by atoms with Crippen LogP contribution in [0.4, 0.5) is 0 Å². The van der Waals surface area contributed by atoms with Crippen LogP contribution < -0.4 is 5.73 Å². The van der Waals surface area contributed by atoms with Crippen molar-refractivity contribution in [2.45, 2.75) is 85.6 Å². The summed E-state index contributed by atoms with van der Waals surface area (Å²) in [6.07, 6.45) is 6.21. The van der Waals surface area contributed by atoms with Gasteiger partial charge in [0.05, 0.1) is 0 Å². The number of rotatable bonds is 4. The molecule has 1 aliphatic carbocycles. The molecule has 1 aromatic rings. The fourth-order valence-electron chi connectivity index (χ4n) is 3.17. The highest BCUT2D eigenvalue weighted by Crippen LogP contribution is 2.38. The summed E-state index contributed by atoms with van der Waals surface area (Å²) in [6.45, 7) is 18.7. The van der Waals surface area contributed by atoms with Crippen molar-refractivity contribution >= 4 is 0 Å². The van der Waals surface area contributed by atoms with Crippen molar-refractivity contribution in [3.05, 3.63) is 48.6 Å². The van der Waals surface area contributed by atoms with E-state index in [9.17, 15) is 0 Å². The molecule has 1 heteroatoms. The average Bonchev–Trinajstić information content (AvgIpc) is 2.64. The summed E-state index contributed by atoms with van der Waals surface area (Å²) in [4.78, 5) is 0. The van der Waals surface area contributed by atoms with Crippen molar-refractivity contribution in [1.29, 1.82) is 0 Å². The second-order valence-corrected chi connectivity index (χ2v) is 5.62. The molecule has 0 saturated carbocycles. The van der Waals surface area contributed by atoms with Gasteiger partial charge in [-0.1, -0.05) is 85.1 Å². The fraction of sp³-hybridized carbons (Fsp3) is 0.636. The normalized spacial score (nSPS) is 19.4. The lowest BCUT2D eigenvalue weighted by molar-refractivity contribution is 0.354. The Morgan fingerprint density at radius 1 is 1.13 bits per heavy atom. The lowest BCUT2D eigenvalue weighted by Crippen LogP contribution is -2.32. The van der Waals surface area contributed by atoms with Crippen LogP contribution in [0.5, 0.6) is 0 Å². The van der Waals surface area contributed by atoms with Crippen LogP contribution >= 0.6 is 0 Å². The molecule has 0 saturated heterocycles. The molecule has 1 aliphatic rings. The molecule has 1 aromatic carbocycles. The summed E-state index contributed by atoms with van der Waals surface area (Å²) < 4.78 is 0. The third-order valence-corrected chi connectivity index (χ3v) is 4.19. The average molecular weight is 320 g/mol. The number of nitrogens with two attached hydrogens (primary N) is 1. The van der Waals surface area contributed by atoms with Crippen LogP contribution in [0.2, 0.25) is 0 Å². The number of unbranched alkanes of at least 4 members (excludes halogenated alkanes) is 1. The SMILES string of the molecule is C=C.CC.CC.CCCCC(C)C1CC(N)Cc2ccccc21. The molecular formula is C22H41N. The van der Waals surface area contributed by atoms with E-state index in [1.807, 2.05) is 27.7 Å². The van der Waals surface area contributed by atoms with E-state index in [2.05, 4.69) is 51.3 Å². The van der Waals surface area contributed by atoms with Crippen molar-refractivity contribution in [2.75, 3.05) is 0 Å². The molecule has 0 fully saturated rings. The van der Waals surface area contributed by atoms with Gasteiger partial charge in [0.15, 0.2) is 0 Å². The van der Waals surface area contributed by atoms with Gasteiger partial charge in [-0.05, 0) is 35.8 Å². The van der Waals surface area contributed by atoms with Gasteiger partial charge in [-0.25, -0.2) is 0 Å². The van der Waals surface area contributed by atoms with Crippen LogP contribution in [0.3, 0.4) is 0 Å².